The molecule has 0 spiro atoms. The maximum absolute atomic E-state index is 15.6. The van der Waals surface area contributed by atoms with Gasteiger partial charge in [-0.2, -0.15) is 10.2 Å². The summed E-state index contributed by atoms with van der Waals surface area (Å²) < 4.78 is 37.8. The molecule has 6 rings (SSSR count). The summed E-state index contributed by atoms with van der Waals surface area (Å²) in [6.45, 7) is 5.29. The number of methoxy groups -OCH3 is 1. The lowest BCUT2D eigenvalue weighted by Gasteiger charge is -2.16. The van der Waals surface area contributed by atoms with Crippen molar-refractivity contribution >= 4 is 38.2 Å². The van der Waals surface area contributed by atoms with Gasteiger partial charge in [-0.3, -0.25) is 14.6 Å². The first-order chi connectivity index (χ1) is 19.8. The van der Waals surface area contributed by atoms with Crippen molar-refractivity contribution in [2.45, 2.75) is 13.0 Å². The van der Waals surface area contributed by atoms with Crippen molar-refractivity contribution in [3.05, 3.63) is 84.0 Å². The largest absolute Gasteiger partial charge is 0.496 e. The lowest BCUT2D eigenvalue weighted by molar-refractivity contribution is -0.117. The summed E-state index contributed by atoms with van der Waals surface area (Å²) in [5.41, 5.74) is 4.39. The van der Waals surface area contributed by atoms with Crippen LogP contribution in [-0.4, -0.2) is 38.0 Å². The number of aromatic amines is 1. The van der Waals surface area contributed by atoms with Crippen LogP contribution in [0.25, 0.3) is 54.8 Å². The number of fused-ring (bicyclic) bond motifs is 2. The number of aryl methyl sites for hydroxylation is 1. The summed E-state index contributed by atoms with van der Waals surface area (Å²) >= 11 is 1.41. The van der Waals surface area contributed by atoms with E-state index in [4.69, 9.17) is 9.72 Å². The number of halogens is 2. The monoisotopic (exact) mass is 570 g/mol. The number of benzene rings is 2. The van der Waals surface area contributed by atoms with E-state index in [1.165, 1.54) is 24.5 Å². The Morgan fingerprint density at radius 2 is 2.00 bits per heavy atom. The minimum Gasteiger partial charge on any atom is -0.496 e. The second-order valence-electron chi connectivity index (χ2n) is 9.50. The zero-order chi connectivity index (χ0) is 28.8. The second-order valence-corrected chi connectivity index (χ2v) is 10.4. The third-order valence-corrected chi connectivity index (χ3v) is 7.90. The molecule has 0 radical (unpaired) electrons. The summed E-state index contributed by atoms with van der Waals surface area (Å²) in [5.74, 6) is -1.84. The van der Waals surface area contributed by atoms with Gasteiger partial charge in [0.05, 0.1) is 41.8 Å². The number of ether oxygens (including phenoxy) is 1. The van der Waals surface area contributed by atoms with Gasteiger partial charge in [-0.25, -0.2) is 13.8 Å². The van der Waals surface area contributed by atoms with Gasteiger partial charge >= 0.3 is 0 Å². The Kier molecular flexibility index (Phi) is 6.58. The molecule has 0 fully saturated rings. The van der Waals surface area contributed by atoms with E-state index >= 15 is 4.39 Å². The smallest absolute Gasteiger partial charge is 0.243 e. The third-order valence-electron chi connectivity index (χ3n) is 6.97. The van der Waals surface area contributed by atoms with Crippen LogP contribution in [0.1, 0.15) is 18.7 Å². The molecule has 0 aliphatic carbocycles. The van der Waals surface area contributed by atoms with Gasteiger partial charge in [-0.05, 0) is 42.6 Å². The Bertz CT molecular complexity index is 1980. The highest BCUT2D eigenvalue weighted by molar-refractivity contribution is 7.18. The summed E-state index contributed by atoms with van der Waals surface area (Å²) in [7, 11) is 3.24. The molecule has 0 aliphatic heterocycles. The molecule has 0 aliphatic rings. The van der Waals surface area contributed by atoms with Crippen LogP contribution in [0.4, 0.5) is 8.78 Å². The van der Waals surface area contributed by atoms with E-state index in [2.05, 4.69) is 27.2 Å². The molecule has 2 aromatic carbocycles. The maximum atomic E-state index is 15.6. The molecule has 1 unspecified atom stereocenters. The molecule has 0 bridgehead atoms. The van der Waals surface area contributed by atoms with Gasteiger partial charge in [0.1, 0.15) is 28.8 Å². The van der Waals surface area contributed by atoms with E-state index in [0.717, 1.165) is 38.7 Å². The highest BCUT2D eigenvalue weighted by Gasteiger charge is 2.26. The van der Waals surface area contributed by atoms with Crippen LogP contribution in [0.2, 0.25) is 0 Å². The Balaban J connectivity index is 1.64. The number of H-pyrrole nitrogens is 1. The van der Waals surface area contributed by atoms with Crippen molar-refractivity contribution in [1.82, 2.24) is 30.3 Å². The summed E-state index contributed by atoms with van der Waals surface area (Å²) in [6.07, 6.45) is 2.98. The number of carbonyl (C=O) groups excluding carboxylic acids is 1. The van der Waals surface area contributed by atoms with E-state index in [0.29, 0.717) is 28.3 Å². The number of aromatic nitrogens is 5. The quantitative estimate of drug-likeness (QED) is 0.212. The predicted molar refractivity (Wildman–Crippen MR) is 156 cm³/mol. The molecule has 2 N–H and O–H groups in total. The Labute approximate surface area is 237 Å². The SMILES string of the molecule is C=CC(=O)NC(C)c1cc(-c2nc(-c3ccc4c(cnn4C)c3)c3ccsc3c2-c2c(F)cc(F)cc2OC)n[nH]1. The van der Waals surface area contributed by atoms with Gasteiger partial charge in [0.2, 0.25) is 5.91 Å². The number of rotatable bonds is 7. The number of hydrogen-bond donors (Lipinski definition) is 2. The highest BCUT2D eigenvalue weighted by Crippen LogP contribution is 2.47. The van der Waals surface area contributed by atoms with Gasteiger partial charge in [-0.15, -0.1) is 11.3 Å². The van der Waals surface area contributed by atoms with Crippen molar-refractivity contribution in [2.75, 3.05) is 7.11 Å². The number of thiophene rings is 1. The number of amides is 1. The normalized spacial score (nSPS) is 12.1. The van der Waals surface area contributed by atoms with E-state index < -0.39 is 17.7 Å². The standard InChI is InChI=1S/C30H24F2N6O2S/c1-5-25(39)34-15(2)21-13-22(37-36-21)29-27(26-20(32)11-18(31)12-24(26)40-4)30-19(8-9-41-30)28(35-29)16-6-7-23-17(10-16)14-33-38(23)3/h5-15H,1H2,2-4H3,(H,34,39)(H,36,37). The molecule has 4 heterocycles. The van der Waals surface area contributed by atoms with Gasteiger partial charge in [0.15, 0.2) is 0 Å². The van der Waals surface area contributed by atoms with Crippen molar-refractivity contribution in [2.24, 2.45) is 7.05 Å². The molecule has 1 atom stereocenters. The number of carbonyl (C=O) groups is 1. The van der Waals surface area contributed by atoms with E-state index in [-0.39, 0.29) is 17.2 Å². The molecule has 206 valence electrons. The van der Waals surface area contributed by atoms with Crippen LogP contribution in [0.15, 0.2) is 66.7 Å². The number of nitrogens with one attached hydrogen (secondary N) is 2. The van der Waals surface area contributed by atoms with Gasteiger partial charge in [0, 0.05) is 45.8 Å². The first-order valence-electron chi connectivity index (χ1n) is 12.6. The van der Waals surface area contributed by atoms with Crippen LogP contribution in [0, 0.1) is 11.6 Å². The zero-order valence-electron chi connectivity index (χ0n) is 22.3. The molecule has 6 aromatic rings. The van der Waals surface area contributed by atoms with Crippen LogP contribution in [0.5, 0.6) is 5.75 Å². The van der Waals surface area contributed by atoms with E-state index in [1.54, 1.807) is 23.9 Å². The molecule has 0 saturated carbocycles. The van der Waals surface area contributed by atoms with Crippen molar-refractivity contribution in [1.29, 1.82) is 0 Å². The molecular weight excluding hydrogens is 546 g/mol. The van der Waals surface area contributed by atoms with Crippen molar-refractivity contribution < 1.29 is 18.3 Å². The maximum Gasteiger partial charge on any atom is 0.243 e. The van der Waals surface area contributed by atoms with Gasteiger partial charge in [-0.1, -0.05) is 12.6 Å². The molecule has 8 nitrogen and oxygen atoms in total. The molecule has 1 amide bonds. The Hall–Kier alpha value is -4.90. The minimum atomic E-state index is -0.786. The van der Waals surface area contributed by atoms with Crippen LogP contribution in [0.3, 0.4) is 0 Å². The van der Waals surface area contributed by atoms with Crippen molar-refractivity contribution in [3.63, 3.8) is 0 Å². The van der Waals surface area contributed by atoms with Crippen LogP contribution < -0.4 is 10.1 Å². The van der Waals surface area contributed by atoms with Gasteiger partial charge in [0.25, 0.3) is 0 Å². The Morgan fingerprint density at radius 3 is 2.78 bits per heavy atom. The number of nitrogens with zero attached hydrogens (tertiary/aromatic N) is 4. The lowest BCUT2D eigenvalue weighted by Crippen LogP contribution is -2.24. The highest BCUT2D eigenvalue weighted by atomic mass is 32.1. The molecular formula is C30H24F2N6O2S. The number of pyridine rings is 1. The lowest BCUT2D eigenvalue weighted by atomic mass is 9.96. The Morgan fingerprint density at radius 1 is 1.17 bits per heavy atom. The average Bonchev–Trinajstić information content (AvgIpc) is 3.72. The van der Waals surface area contributed by atoms with E-state index in [9.17, 15) is 9.18 Å². The van der Waals surface area contributed by atoms with Crippen LogP contribution in [-0.2, 0) is 11.8 Å². The molecule has 11 heteroatoms. The van der Waals surface area contributed by atoms with Crippen LogP contribution >= 0.6 is 11.3 Å². The fourth-order valence-electron chi connectivity index (χ4n) is 4.96. The number of hydrogen-bond acceptors (Lipinski definition) is 6. The third kappa shape index (κ3) is 4.53. The fourth-order valence-corrected chi connectivity index (χ4v) is 5.90. The predicted octanol–water partition coefficient (Wildman–Crippen LogP) is 6.56. The molecule has 0 saturated heterocycles. The first-order valence-corrected chi connectivity index (χ1v) is 13.5. The summed E-state index contributed by atoms with van der Waals surface area (Å²) in [4.78, 5) is 17.0. The summed E-state index contributed by atoms with van der Waals surface area (Å²) in [6, 6.07) is 11.2. The molecule has 4 aromatic heterocycles. The van der Waals surface area contributed by atoms with E-state index in [1.807, 2.05) is 36.7 Å². The molecule has 41 heavy (non-hydrogen) atoms. The second kappa shape index (κ2) is 10.3. The van der Waals surface area contributed by atoms with Gasteiger partial charge < -0.3 is 10.1 Å². The van der Waals surface area contributed by atoms with Crippen molar-refractivity contribution in [3.8, 4) is 39.5 Å². The average molecular weight is 571 g/mol. The first kappa shape index (κ1) is 26.3. The fraction of sp³-hybridized carbons (Fsp3) is 0.133. The minimum absolute atomic E-state index is 0.0344. The topological polar surface area (TPSA) is 97.7 Å². The summed E-state index contributed by atoms with van der Waals surface area (Å²) in [5, 5.41) is 18.2. The zero-order valence-corrected chi connectivity index (χ0v) is 23.1.